The summed E-state index contributed by atoms with van der Waals surface area (Å²) < 4.78 is 11.3. The number of hydrogen-bond acceptors (Lipinski definition) is 8. The van der Waals surface area contributed by atoms with Gasteiger partial charge in [0, 0.05) is 6.42 Å². The molecule has 0 aliphatic carbocycles. The largest absolute Gasteiger partial charge is 0.394 e. The molecule has 1 fully saturated rings. The maximum absolute atomic E-state index is 13.0. The number of amides is 1. The Hall–Kier alpha value is -1.07. The predicted molar refractivity (Wildman–Crippen MR) is 240 cm³/mol. The van der Waals surface area contributed by atoms with Crippen molar-refractivity contribution in [2.24, 2.45) is 0 Å². The zero-order valence-electron chi connectivity index (χ0n) is 37.8. The van der Waals surface area contributed by atoms with Crippen LogP contribution in [-0.4, -0.2) is 87.5 Å². The van der Waals surface area contributed by atoms with E-state index in [1.165, 1.54) is 173 Å². The molecule has 58 heavy (non-hydrogen) atoms. The summed E-state index contributed by atoms with van der Waals surface area (Å²) in [6, 6.07) is -0.717. The van der Waals surface area contributed by atoms with Crippen LogP contribution in [0.15, 0.2) is 12.2 Å². The first-order chi connectivity index (χ1) is 28.3. The number of aliphatic hydroxyl groups excluding tert-OH is 5. The SMILES string of the molecule is CCCCCCCCC/C=C\CCCCCCCCCC(=O)NC(COC1OC(CO)C(O)C(O)C1O)C(O)CCCCCCCCCCCCCCCCCCC. The fraction of sp³-hybridized carbons (Fsp3) is 0.939. The summed E-state index contributed by atoms with van der Waals surface area (Å²) in [5.74, 6) is -0.146. The molecule has 9 nitrogen and oxygen atoms in total. The lowest BCUT2D eigenvalue weighted by atomic mass is 9.99. The van der Waals surface area contributed by atoms with E-state index >= 15 is 0 Å². The minimum absolute atomic E-state index is 0.136. The molecule has 1 amide bonds. The topological polar surface area (TPSA) is 149 Å². The summed E-state index contributed by atoms with van der Waals surface area (Å²) in [5, 5.41) is 54.5. The number of carbonyl (C=O) groups is 1. The normalized spacial score (nSPS) is 20.8. The standard InChI is InChI=1S/C49H95NO8/c1-3-5-7-9-11-13-15-17-19-21-23-25-27-29-31-33-35-37-39-45(53)50-42(41-57-49-48(56)47(55)46(54)44(40-51)58-49)43(52)38-36-34-32-30-28-26-24-22-20-18-16-14-12-10-8-6-4-2/h19,21,42-44,46-49,51-52,54-56H,3-18,20,22-41H2,1-2H3,(H,50,53)/b21-19-. The molecule has 1 aliphatic rings. The average Bonchev–Trinajstić information content (AvgIpc) is 3.22. The van der Waals surface area contributed by atoms with Crippen molar-refractivity contribution in [1.82, 2.24) is 5.32 Å². The highest BCUT2D eigenvalue weighted by Crippen LogP contribution is 2.23. The van der Waals surface area contributed by atoms with E-state index in [-0.39, 0.29) is 12.5 Å². The quantitative estimate of drug-likeness (QED) is 0.0263. The number of aliphatic hydroxyl groups is 5. The molecule has 0 saturated carbocycles. The van der Waals surface area contributed by atoms with Gasteiger partial charge in [0.2, 0.25) is 5.91 Å². The van der Waals surface area contributed by atoms with Gasteiger partial charge in [0.05, 0.1) is 25.4 Å². The van der Waals surface area contributed by atoms with Gasteiger partial charge in [-0.3, -0.25) is 4.79 Å². The minimum atomic E-state index is -1.55. The van der Waals surface area contributed by atoms with Crippen molar-refractivity contribution in [2.45, 2.75) is 281 Å². The Balaban J connectivity index is 2.29. The summed E-state index contributed by atoms with van der Waals surface area (Å²) >= 11 is 0. The first-order valence-electron chi connectivity index (χ1n) is 24.9. The van der Waals surface area contributed by atoms with Gasteiger partial charge in [0.25, 0.3) is 0 Å². The number of allylic oxidation sites excluding steroid dienone is 2. The molecule has 1 aliphatic heterocycles. The Morgan fingerprint density at radius 2 is 0.966 bits per heavy atom. The molecule has 0 bridgehead atoms. The van der Waals surface area contributed by atoms with E-state index in [9.17, 15) is 30.3 Å². The van der Waals surface area contributed by atoms with E-state index in [1.54, 1.807) is 0 Å². The lowest BCUT2D eigenvalue weighted by Crippen LogP contribution is -2.60. The molecule has 7 unspecified atom stereocenters. The van der Waals surface area contributed by atoms with Crippen LogP contribution in [0.3, 0.4) is 0 Å². The van der Waals surface area contributed by atoms with Crippen molar-refractivity contribution in [2.75, 3.05) is 13.2 Å². The van der Waals surface area contributed by atoms with Gasteiger partial charge in [-0.2, -0.15) is 0 Å². The van der Waals surface area contributed by atoms with Crippen LogP contribution in [0.1, 0.15) is 239 Å². The van der Waals surface area contributed by atoms with Gasteiger partial charge in [-0.1, -0.05) is 206 Å². The number of ether oxygens (including phenoxy) is 2. The molecular weight excluding hydrogens is 731 g/mol. The molecule has 0 aromatic rings. The zero-order valence-corrected chi connectivity index (χ0v) is 37.8. The van der Waals surface area contributed by atoms with E-state index in [1.807, 2.05) is 0 Å². The van der Waals surface area contributed by atoms with Gasteiger partial charge in [-0.05, 0) is 38.5 Å². The second-order valence-electron chi connectivity index (χ2n) is 17.6. The zero-order chi connectivity index (χ0) is 42.3. The van der Waals surface area contributed by atoms with Crippen molar-refractivity contribution in [3.63, 3.8) is 0 Å². The third kappa shape index (κ3) is 30.0. The molecule has 1 rings (SSSR count). The molecule has 344 valence electrons. The third-order valence-corrected chi connectivity index (χ3v) is 12.1. The van der Waals surface area contributed by atoms with E-state index in [0.717, 1.165) is 38.5 Å². The van der Waals surface area contributed by atoms with Crippen molar-refractivity contribution in [3.8, 4) is 0 Å². The monoisotopic (exact) mass is 826 g/mol. The Morgan fingerprint density at radius 3 is 1.40 bits per heavy atom. The number of unbranched alkanes of at least 4 members (excludes halogenated alkanes) is 30. The molecular formula is C49H95NO8. The smallest absolute Gasteiger partial charge is 0.220 e. The molecule has 1 heterocycles. The molecule has 0 aromatic heterocycles. The van der Waals surface area contributed by atoms with Gasteiger partial charge in [0.15, 0.2) is 6.29 Å². The van der Waals surface area contributed by atoms with Crippen molar-refractivity contribution in [1.29, 1.82) is 0 Å². The average molecular weight is 826 g/mol. The lowest BCUT2D eigenvalue weighted by Gasteiger charge is -2.40. The van der Waals surface area contributed by atoms with Crippen molar-refractivity contribution >= 4 is 5.91 Å². The minimum Gasteiger partial charge on any atom is -0.394 e. The maximum Gasteiger partial charge on any atom is 0.220 e. The first kappa shape index (κ1) is 54.9. The van der Waals surface area contributed by atoms with E-state index in [4.69, 9.17) is 9.47 Å². The van der Waals surface area contributed by atoms with Crippen molar-refractivity contribution < 1.29 is 39.8 Å². The van der Waals surface area contributed by atoms with Crippen molar-refractivity contribution in [3.05, 3.63) is 12.2 Å². The van der Waals surface area contributed by atoms with Crippen LogP contribution in [0, 0.1) is 0 Å². The summed E-state index contributed by atoms with van der Waals surface area (Å²) in [7, 11) is 0. The Bertz CT molecular complexity index is 919. The third-order valence-electron chi connectivity index (χ3n) is 12.1. The fourth-order valence-electron chi connectivity index (χ4n) is 8.10. The van der Waals surface area contributed by atoms with Crippen LogP contribution in [0.2, 0.25) is 0 Å². The van der Waals surface area contributed by atoms with Gasteiger partial charge >= 0.3 is 0 Å². The summed E-state index contributed by atoms with van der Waals surface area (Å²) in [6.07, 6.45) is 39.3. The second kappa shape index (κ2) is 40.0. The van der Waals surface area contributed by atoms with Crippen LogP contribution in [-0.2, 0) is 14.3 Å². The first-order valence-corrected chi connectivity index (χ1v) is 24.9. The second-order valence-corrected chi connectivity index (χ2v) is 17.6. The number of nitrogens with one attached hydrogen (secondary N) is 1. The van der Waals surface area contributed by atoms with Crippen LogP contribution < -0.4 is 5.32 Å². The number of rotatable bonds is 42. The molecule has 1 saturated heterocycles. The molecule has 0 aromatic carbocycles. The van der Waals surface area contributed by atoms with E-state index in [0.29, 0.717) is 12.8 Å². The Kier molecular flexibility index (Phi) is 37.9. The maximum atomic E-state index is 13.0. The van der Waals surface area contributed by atoms with E-state index < -0.39 is 49.5 Å². The highest BCUT2D eigenvalue weighted by atomic mass is 16.7. The molecule has 7 atom stereocenters. The number of carbonyl (C=O) groups excluding carboxylic acids is 1. The van der Waals surface area contributed by atoms with Crippen LogP contribution in [0.4, 0.5) is 0 Å². The Labute approximate surface area is 356 Å². The lowest BCUT2D eigenvalue weighted by molar-refractivity contribution is -0.302. The molecule has 0 spiro atoms. The molecule has 9 heteroatoms. The van der Waals surface area contributed by atoms with E-state index in [2.05, 4.69) is 31.3 Å². The van der Waals surface area contributed by atoms with Crippen LogP contribution >= 0.6 is 0 Å². The fourth-order valence-corrected chi connectivity index (χ4v) is 8.10. The summed E-state index contributed by atoms with van der Waals surface area (Å²) in [4.78, 5) is 13.0. The predicted octanol–water partition coefficient (Wildman–Crippen LogP) is 10.9. The van der Waals surface area contributed by atoms with Crippen LogP contribution in [0.5, 0.6) is 0 Å². The molecule has 0 radical (unpaired) electrons. The van der Waals surface area contributed by atoms with Gasteiger partial charge < -0.3 is 40.3 Å². The molecule has 6 N–H and O–H groups in total. The summed E-state index contributed by atoms with van der Waals surface area (Å²) in [6.45, 7) is 3.85. The van der Waals surface area contributed by atoms with Gasteiger partial charge in [-0.25, -0.2) is 0 Å². The van der Waals surface area contributed by atoms with Gasteiger partial charge in [-0.15, -0.1) is 0 Å². The summed E-state index contributed by atoms with van der Waals surface area (Å²) in [5.41, 5.74) is 0. The highest BCUT2D eigenvalue weighted by Gasteiger charge is 2.44. The number of hydrogen-bond donors (Lipinski definition) is 6. The van der Waals surface area contributed by atoms with Gasteiger partial charge in [0.1, 0.15) is 24.4 Å². The highest BCUT2D eigenvalue weighted by molar-refractivity contribution is 5.76. The van der Waals surface area contributed by atoms with Crippen LogP contribution in [0.25, 0.3) is 0 Å². The Morgan fingerprint density at radius 1 is 0.569 bits per heavy atom.